The molecule has 1 aromatic carbocycles. The number of nitrogens with zero attached hydrogens (tertiary/aromatic N) is 1. The molecule has 21 heavy (non-hydrogen) atoms. The summed E-state index contributed by atoms with van der Waals surface area (Å²) in [6, 6.07) is 8.51. The first-order valence-corrected chi connectivity index (χ1v) is 7.80. The van der Waals surface area contributed by atoms with Crippen molar-refractivity contribution in [2.45, 2.75) is 32.2 Å². The fourth-order valence-corrected chi connectivity index (χ4v) is 3.55. The van der Waals surface area contributed by atoms with E-state index in [2.05, 4.69) is 29.2 Å². The molecule has 0 saturated carbocycles. The van der Waals surface area contributed by atoms with Crippen LogP contribution in [0.15, 0.2) is 24.3 Å². The lowest BCUT2D eigenvalue weighted by Gasteiger charge is -2.37. The summed E-state index contributed by atoms with van der Waals surface area (Å²) < 4.78 is 5.48. The minimum Gasteiger partial charge on any atom is -0.481 e. The predicted octanol–water partition coefficient (Wildman–Crippen LogP) is 2.32. The summed E-state index contributed by atoms with van der Waals surface area (Å²) in [5.41, 5.74) is 2.02. The third kappa shape index (κ3) is 3.11. The third-order valence-corrected chi connectivity index (χ3v) is 4.74. The molecule has 3 rings (SSSR count). The maximum Gasteiger partial charge on any atom is 0.313 e. The van der Waals surface area contributed by atoms with Gasteiger partial charge in [-0.1, -0.05) is 24.3 Å². The number of carboxylic acid groups (broad SMARTS) is 1. The smallest absolute Gasteiger partial charge is 0.313 e. The Labute approximate surface area is 125 Å². The van der Waals surface area contributed by atoms with Crippen LogP contribution in [0.2, 0.25) is 0 Å². The van der Waals surface area contributed by atoms with Crippen molar-refractivity contribution in [3.8, 4) is 0 Å². The van der Waals surface area contributed by atoms with Crippen LogP contribution in [0.4, 0.5) is 0 Å². The first-order chi connectivity index (χ1) is 10.2. The van der Waals surface area contributed by atoms with E-state index in [1.54, 1.807) is 0 Å². The van der Waals surface area contributed by atoms with E-state index in [1.165, 1.54) is 11.1 Å². The summed E-state index contributed by atoms with van der Waals surface area (Å²) in [6.45, 7) is 3.45. The summed E-state index contributed by atoms with van der Waals surface area (Å²) in [5.74, 6) is -0.709. The van der Waals surface area contributed by atoms with Gasteiger partial charge in [-0.15, -0.1) is 0 Å². The Hall–Kier alpha value is -1.39. The molecular formula is C17H23NO3. The largest absolute Gasteiger partial charge is 0.481 e. The number of aryl methyl sites for hydroxylation is 1. The van der Waals surface area contributed by atoms with Gasteiger partial charge in [0, 0.05) is 19.7 Å². The molecule has 0 amide bonds. The van der Waals surface area contributed by atoms with E-state index in [0.717, 1.165) is 38.8 Å². The summed E-state index contributed by atoms with van der Waals surface area (Å²) in [4.78, 5) is 14.1. The summed E-state index contributed by atoms with van der Waals surface area (Å²) in [7, 11) is 0. The minimum atomic E-state index is -0.725. The first kappa shape index (κ1) is 14.5. The topological polar surface area (TPSA) is 49.8 Å². The first-order valence-electron chi connectivity index (χ1n) is 7.80. The van der Waals surface area contributed by atoms with Crippen molar-refractivity contribution < 1.29 is 14.6 Å². The monoisotopic (exact) mass is 289 g/mol. The van der Waals surface area contributed by atoms with Gasteiger partial charge in [-0.25, -0.2) is 0 Å². The van der Waals surface area contributed by atoms with Crippen molar-refractivity contribution in [2.24, 2.45) is 5.41 Å². The lowest BCUT2D eigenvalue weighted by atomic mass is 9.82. The standard InChI is InChI=1S/C17H23NO3/c19-16(20)17(8-4-10-21-13-17)12-18-9-3-7-14-5-1-2-6-15(14)11-18/h1-2,5-6H,3-4,7-13H2,(H,19,20). The summed E-state index contributed by atoms with van der Waals surface area (Å²) >= 11 is 0. The second-order valence-electron chi connectivity index (χ2n) is 6.32. The van der Waals surface area contributed by atoms with Crippen molar-refractivity contribution in [1.29, 1.82) is 0 Å². The molecule has 1 fully saturated rings. The van der Waals surface area contributed by atoms with E-state index >= 15 is 0 Å². The van der Waals surface area contributed by atoms with Crippen LogP contribution < -0.4 is 0 Å². The molecule has 2 aliphatic heterocycles. The van der Waals surface area contributed by atoms with Crippen molar-refractivity contribution in [3.05, 3.63) is 35.4 Å². The quantitative estimate of drug-likeness (QED) is 0.928. The number of aliphatic carboxylic acids is 1. The Morgan fingerprint density at radius 2 is 2.10 bits per heavy atom. The van der Waals surface area contributed by atoms with Crippen molar-refractivity contribution in [3.63, 3.8) is 0 Å². The zero-order chi connectivity index (χ0) is 14.7. The van der Waals surface area contributed by atoms with E-state index in [9.17, 15) is 9.90 Å². The Bertz CT molecular complexity index is 509. The zero-order valence-corrected chi connectivity index (χ0v) is 12.4. The number of carbonyl (C=O) groups is 1. The Balaban J connectivity index is 1.76. The molecule has 1 atom stereocenters. The molecule has 1 saturated heterocycles. The van der Waals surface area contributed by atoms with Crippen LogP contribution in [-0.2, 0) is 22.5 Å². The SMILES string of the molecule is O=C(O)C1(CN2CCCc3ccccc3C2)CCCOC1. The van der Waals surface area contributed by atoms with Crippen LogP contribution >= 0.6 is 0 Å². The fourth-order valence-electron chi connectivity index (χ4n) is 3.55. The number of carboxylic acids is 1. The van der Waals surface area contributed by atoms with Gasteiger partial charge < -0.3 is 9.84 Å². The van der Waals surface area contributed by atoms with Crippen LogP contribution in [0, 0.1) is 5.41 Å². The minimum absolute atomic E-state index is 0.348. The van der Waals surface area contributed by atoms with Crippen molar-refractivity contribution in [1.82, 2.24) is 4.90 Å². The van der Waals surface area contributed by atoms with Gasteiger partial charge in [0.1, 0.15) is 5.41 Å². The van der Waals surface area contributed by atoms with Crippen LogP contribution in [0.5, 0.6) is 0 Å². The average Bonchev–Trinajstić information content (AvgIpc) is 2.69. The highest BCUT2D eigenvalue weighted by Crippen LogP contribution is 2.31. The Morgan fingerprint density at radius 1 is 1.29 bits per heavy atom. The van der Waals surface area contributed by atoms with Gasteiger partial charge in [0.25, 0.3) is 0 Å². The van der Waals surface area contributed by atoms with E-state index in [4.69, 9.17) is 4.74 Å². The molecule has 1 aromatic rings. The highest BCUT2D eigenvalue weighted by atomic mass is 16.5. The third-order valence-electron chi connectivity index (χ3n) is 4.74. The summed E-state index contributed by atoms with van der Waals surface area (Å²) in [5, 5.41) is 9.68. The second kappa shape index (κ2) is 6.16. The molecule has 4 nitrogen and oxygen atoms in total. The van der Waals surface area contributed by atoms with Gasteiger partial charge in [-0.2, -0.15) is 0 Å². The Morgan fingerprint density at radius 3 is 2.81 bits per heavy atom. The molecule has 0 bridgehead atoms. The van der Waals surface area contributed by atoms with Gasteiger partial charge in [0.15, 0.2) is 0 Å². The van der Waals surface area contributed by atoms with E-state index < -0.39 is 11.4 Å². The predicted molar refractivity (Wildman–Crippen MR) is 80.2 cm³/mol. The van der Waals surface area contributed by atoms with Crippen molar-refractivity contribution >= 4 is 5.97 Å². The molecule has 0 aromatic heterocycles. The molecule has 1 N–H and O–H groups in total. The normalized spacial score (nSPS) is 26.9. The maximum atomic E-state index is 11.8. The molecule has 1 unspecified atom stereocenters. The molecule has 0 radical (unpaired) electrons. The number of hydrogen-bond donors (Lipinski definition) is 1. The van der Waals surface area contributed by atoms with Gasteiger partial charge in [0.05, 0.1) is 6.61 Å². The number of hydrogen-bond acceptors (Lipinski definition) is 3. The van der Waals surface area contributed by atoms with Crippen LogP contribution in [0.1, 0.15) is 30.4 Å². The molecule has 0 spiro atoms. The van der Waals surface area contributed by atoms with Crippen LogP contribution in [0.3, 0.4) is 0 Å². The lowest BCUT2D eigenvalue weighted by Crippen LogP contribution is -2.48. The van der Waals surface area contributed by atoms with Gasteiger partial charge >= 0.3 is 5.97 Å². The zero-order valence-electron chi connectivity index (χ0n) is 12.4. The lowest BCUT2D eigenvalue weighted by molar-refractivity contribution is -0.159. The number of fused-ring (bicyclic) bond motifs is 1. The number of rotatable bonds is 3. The van der Waals surface area contributed by atoms with Gasteiger partial charge in [-0.3, -0.25) is 9.69 Å². The van der Waals surface area contributed by atoms with Gasteiger partial charge in [0.2, 0.25) is 0 Å². The van der Waals surface area contributed by atoms with Crippen molar-refractivity contribution in [2.75, 3.05) is 26.3 Å². The molecule has 4 heteroatoms. The molecule has 0 aliphatic carbocycles. The molecule has 2 heterocycles. The molecular weight excluding hydrogens is 266 g/mol. The van der Waals surface area contributed by atoms with E-state index in [1.807, 2.05) is 0 Å². The van der Waals surface area contributed by atoms with E-state index in [0.29, 0.717) is 19.8 Å². The van der Waals surface area contributed by atoms with Crippen LogP contribution in [0.25, 0.3) is 0 Å². The number of ether oxygens (including phenoxy) is 1. The Kier molecular flexibility index (Phi) is 4.27. The van der Waals surface area contributed by atoms with Gasteiger partial charge in [-0.05, 0) is 43.4 Å². The second-order valence-corrected chi connectivity index (χ2v) is 6.32. The van der Waals surface area contributed by atoms with E-state index in [-0.39, 0.29) is 0 Å². The summed E-state index contributed by atoms with van der Waals surface area (Å²) in [6.07, 6.45) is 3.74. The number of benzene rings is 1. The highest BCUT2D eigenvalue weighted by molar-refractivity contribution is 5.75. The van der Waals surface area contributed by atoms with Crippen LogP contribution in [-0.4, -0.2) is 42.3 Å². The molecule has 114 valence electrons. The highest BCUT2D eigenvalue weighted by Gasteiger charge is 2.42. The average molecular weight is 289 g/mol. The maximum absolute atomic E-state index is 11.8. The molecule has 2 aliphatic rings. The fraction of sp³-hybridized carbons (Fsp3) is 0.588.